The highest BCUT2D eigenvalue weighted by atomic mass is 16.5. The predicted octanol–water partition coefficient (Wildman–Crippen LogP) is 2.93. The molecule has 3 rings (SSSR count). The fourth-order valence-electron chi connectivity index (χ4n) is 2.70. The van der Waals surface area contributed by atoms with Crippen molar-refractivity contribution in [1.82, 2.24) is 0 Å². The highest BCUT2D eigenvalue weighted by molar-refractivity contribution is 6.26. The van der Waals surface area contributed by atoms with E-state index in [0.717, 1.165) is 11.3 Å². The van der Waals surface area contributed by atoms with Gasteiger partial charge in [-0.1, -0.05) is 30.3 Å². The molecular formula is C19H17NO4. The second-order valence-electron chi connectivity index (χ2n) is 5.41. The van der Waals surface area contributed by atoms with Gasteiger partial charge in [-0.3, -0.25) is 4.79 Å². The third-order valence-electron chi connectivity index (χ3n) is 4.01. The number of fused-ring (bicyclic) bond motifs is 1. The smallest absolute Gasteiger partial charge is 0.343 e. The van der Waals surface area contributed by atoms with E-state index in [1.807, 2.05) is 24.3 Å². The predicted molar refractivity (Wildman–Crippen MR) is 91.2 cm³/mol. The molecule has 1 N–H and O–H groups in total. The van der Waals surface area contributed by atoms with Gasteiger partial charge >= 0.3 is 5.97 Å². The van der Waals surface area contributed by atoms with Crippen LogP contribution >= 0.6 is 0 Å². The number of carbonyl (C=O) groups is 2. The summed E-state index contributed by atoms with van der Waals surface area (Å²) in [5, 5.41) is 3.01. The lowest BCUT2D eigenvalue weighted by atomic mass is 9.92. The van der Waals surface area contributed by atoms with E-state index in [1.165, 1.54) is 7.11 Å². The van der Waals surface area contributed by atoms with E-state index in [1.54, 1.807) is 43.5 Å². The average molecular weight is 323 g/mol. The molecule has 5 heteroatoms. The van der Waals surface area contributed by atoms with Gasteiger partial charge in [0.25, 0.3) is 0 Å². The summed E-state index contributed by atoms with van der Waals surface area (Å²) in [5.74, 6) is -0.236. The Kier molecular flexibility index (Phi) is 4.08. The van der Waals surface area contributed by atoms with Crippen LogP contribution < -0.4 is 10.1 Å². The Morgan fingerprint density at radius 2 is 1.79 bits per heavy atom. The number of para-hydroxylation sites is 1. The van der Waals surface area contributed by atoms with Gasteiger partial charge in [-0.2, -0.15) is 0 Å². The van der Waals surface area contributed by atoms with E-state index in [4.69, 9.17) is 9.47 Å². The molecule has 5 nitrogen and oxygen atoms in total. The van der Waals surface area contributed by atoms with Crippen LogP contribution in [0.3, 0.4) is 0 Å². The largest absolute Gasteiger partial charge is 0.497 e. The molecule has 122 valence electrons. The van der Waals surface area contributed by atoms with Gasteiger partial charge in [-0.25, -0.2) is 4.79 Å². The minimum atomic E-state index is -1.54. The second kappa shape index (κ2) is 6.20. The molecule has 0 spiro atoms. The molecule has 0 saturated carbocycles. The van der Waals surface area contributed by atoms with E-state index >= 15 is 0 Å². The molecular weight excluding hydrogens is 306 g/mol. The molecule has 2 aromatic rings. The summed E-state index contributed by atoms with van der Waals surface area (Å²) < 4.78 is 9.99. The van der Waals surface area contributed by atoms with Gasteiger partial charge in [-0.05, 0) is 35.9 Å². The third-order valence-corrected chi connectivity index (χ3v) is 4.01. The maximum atomic E-state index is 12.8. The van der Waals surface area contributed by atoms with Crippen LogP contribution in [-0.2, 0) is 9.53 Å². The molecule has 2 aromatic carbocycles. The van der Waals surface area contributed by atoms with Gasteiger partial charge in [0.2, 0.25) is 11.3 Å². The number of Topliss-reactive ketones (excluding diaryl/α,β-unsaturated/α-hetero) is 1. The fourth-order valence-corrected chi connectivity index (χ4v) is 2.70. The molecule has 0 saturated heterocycles. The minimum absolute atomic E-state index is 0.324. The Bertz CT molecular complexity index is 810. The summed E-state index contributed by atoms with van der Waals surface area (Å²) >= 11 is 0. The van der Waals surface area contributed by atoms with Crippen molar-refractivity contribution in [3.05, 3.63) is 65.7 Å². The molecule has 0 aliphatic carbocycles. The first-order chi connectivity index (χ1) is 11.6. The number of ketones is 1. The van der Waals surface area contributed by atoms with E-state index in [2.05, 4.69) is 5.32 Å². The zero-order valence-corrected chi connectivity index (χ0v) is 13.4. The first-order valence-corrected chi connectivity index (χ1v) is 7.44. The van der Waals surface area contributed by atoms with Crippen LogP contribution in [0.5, 0.6) is 5.75 Å². The molecule has 1 unspecified atom stereocenters. The third kappa shape index (κ3) is 2.54. The van der Waals surface area contributed by atoms with Crippen molar-refractivity contribution in [3.63, 3.8) is 0 Å². The monoisotopic (exact) mass is 323 g/mol. The number of nitrogens with one attached hydrogen (secondary N) is 1. The molecule has 0 bridgehead atoms. The van der Waals surface area contributed by atoms with Crippen LogP contribution in [0.4, 0.5) is 5.69 Å². The van der Waals surface area contributed by atoms with Crippen molar-refractivity contribution in [2.45, 2.75) is 5.54 Å². The Morgan fingerprint density at radius 1 is 1.08 bits per heavy atom. The highest BCUT2D eigenvalue weighted by Crippen LogP contribution is 2.34. The number of benzene rings is 2. The van der Waals surface area contributed by atoms with Gasteiger partial charge in [-0.15, -0.1) is 0 Å². The normalized spacial score (nSPS) is 19.0. The van der Waals surface area contributed by atoms with Crippen molar-refractivity contribution < 1.29 is 19.1 Å². The number of methoxy groups -OCH3 is 2. The van der Waals surface area contributed by atoms with Gasteiger partial charge in [0.05, 0.1) is 14.2 Å². The molecule has 0 fully saturated rings. The van der Waals surface area contributed by atoms with E-state index in [9.17, 15) is 9.59 Å². The molecule has 0 amide bonds. The summed E-state index contributed by atoms with van der Waals surface area (Å²) in [6.45, 7) is 0. The Balaban J connectivity index is 1.98. The molecule has 1 aliphatic rings. The maximum Gasteiger partial charge on any atom is 0.343 e. The van der Waals surface area contributed by atoms with E-state index in [0.29, 0.717) is 11.3 Å². The summed E-state index contributed by atoms with van der Waals surface area (Å²) in [4.78, 5) is 25.2. The van der Waals surface area contributed by atoms with E-state index < -0.39 is 11.5 Å². The Hall–Kier alpha value is -3.08. The number of ether oxygens (including phenoxy) is 2. The number of carbonyl (C=O) groups excluding carboxylic acids is 2. The van der Waals surface area contributed by atoms with Gasteiger partial charge in [0, 0.05) is 11.3 Å². The second-order valence-corrected chi connectivity index (χ2v) is 5.41. The van der Waals surface area contributed by atoms with Crippen LogP contribution in [-0.4, -0.2) is 31.5 Å². The number of hydrogen-bond donors (Lipinski definition) is 1. The van der Waals surface area contributed by atoms with Crippen molar-refractivity contribution in [1.29, 1.82) is 0 Å². The zero-order chi connectivity index (χ0) is 17.2. The molecule has 24 heavy (non-hydrogen) atoms. The molecule has 0 aromatic heterocycles. The SMILES string of the molecule is COC(=O)C1(/C=C/c2ccc(OC)cc2)Nc2ccccc2C1=O. The highest BCUT2D eigenvalue weighted by Gasteiger charge is 2.50. The lowest BCUT2D eigenvalue weighted by Gasteiger charge is -2.21. The number of esters is 1. The summed E-state index contributed by atoms with van der Waals surface area (Å²) in [5.41, 5.74) is 0.387. The summed E-state index contributed by atoms with van der Waals surface area (Å²) in [6.07, 6.45) is 3.26. The summed E-state index contributed by atoms with van der Waals surface area (Å²) in [6, 6.07) is 14.3. The van der Waals surface area contributed by atoms with Gasteiger partial charge < -0.3 is 14.8 Å². The quantitative estimate of drug-likeness (QED) is 0.692. The topological polar surface area (TPSA) is 64.6 Å². The lowest BCUT2D eigenvalue weighted by Crippen LogP contribution is -2.48. The number of rotatable bonds is 4. The first kappa shape index (κ1) is 15.8. The van der Waals surface area contributed by atoms with Crippen LogP contribution in [0.25, 0.3) is 6.08 Å². The lowest BCUT2D eigenvalue weighted by molar-refractivity contribution is -0.142. The van der Waals surface area contributed by atoms with Crippen LogP contribution in [0.2, 0.25) is 0 Å². The van der Waals surface area contributed by atoms with Crippen molar-refractivity contribution >= 4 is 23.5 Å². The molecule has 1 heterocycles. The molecule has 1 atom stereocenters. The standard InChI is InChI=1S/C19H17NO4/c1-23-14-9-7-13(8-10-14)11-12-19(18(22)24-2)17(21)15-5-3-4-6-16(15)20-19/h3-12,20H,1-2H3/b12-11+. The van der Waals surface area contributed by atoms with E-state index in [-0.39, 0.29) is 5.78 Å². The van der Waals surface area contributed by atoms with Crippen LogP contribution in [0.1, 0.15) is 15.9 Å². The fraction of sp³-hybridized carbons (Fsp3) is 0.158. The minimum Gasteiger partial charge on any atom is -0.497 e. The van der Waals surface area contributed by atoms with Gasteiger partial charge in [0.15, 0.2) is 0 Å². The van der Waals surface area contributed by atoms with Gasteiger partial charge in [0.1, 0.15) is 5.75 Å². The maximum absolute atomic E-state index is 12.8. The number of hydrogen-bond acceptors (Lipinski definition) is 5. The molecule has 0 radical (unpaired) electrons. The van der Waals surface area contributed by atoms with Crippen LogP contribution in [0.15, 0.2) is 54.6 Å². The Morgan fingerprint density at radius 3 is 2.42 bits per heavy atom. The number of anilines is 1. The Labute approximate surface area is 139 Å². The average Bonchev–Trinajstić information content (AvgIpc) is 2.93. The van der Waals surface area contributed by atoms with Crippen molar-refractivity contribution in [2.75, 3.05) is 19.5 Å². The van der Waals surface area contributed by atoms with Crippen molar-refractivity contribution in [2.24, 2.45) is 0 Å². The molecule has 1 aliphatic heterocycles. The summed E-state index contributed by atoms with van der Waals surface area (Å²) in [7, 11) is 2.86. The zero-order valence-electron chi connectivity index (χ0n) is 13.4. The van der Waals surface area contributed by atoms with Crippen LogP contribution in [0, 0.1) is 0 Å². The first-order valence-electron chi connectivity index (χ1n) is 7.44. The van der Waals surface area contributed by atoms with Crippen molar-refractivity contribution in [3.8, 4) is 5.75 Å².